The second kappa shape index (κ2) is 9.94. The van der Waals surface area contributed by atoms with E-state index in [9.17, 15) is 9.59 Å². The highest BCUT2D eigenvalue weighted by atomic mass is 35.5. The lowest BCUT2D eigenvalue weighted by Gasteiger charge is -2.29. The molecule has 1 unspecified atom stereocenters. The van der Waals surface area contributed by atoms with E-state index in [0.29, 0.717) is 33.0 Å². The lowest BCUT2D eigenvalue weighted by molar-refractivity contribution is 0.0902. The Kier molecular flexibility index (Phi) is 6.81. The molecular formula is C26H26Cl2N6O4. The van der Waals surface area contributed by atoms with Crippen LogP contribution < -0.4 is 15.8 Å². The molecule has 2 atom stereocenters. The minimum atomic E-state index is -0.670. The molecule has 12 heteroatoms. The van der Waals surface area contributed by atoms with Gasteiger partial charge in [0, 0.05) is 37.6 Å². The first-order valence-electron chi connectivity index (χ1n) is 11.8. The summed E-state index contributed by atoms with van der Waals surface area (Å²) >= 11 is 12.5. The molecule has 4 heterocycles. The summed E-state index contributed by atoms with van der Waals surface area (Å²) in [5, 5.41) is 3.93. The van der Waals surface area contributed by atoms with E-state index in [4.69, 9.17) is 37.7 Å². The standard InChI is InChI=1S/C26H26Cl2N6O4/c1-13(2)33-21-19(30-22(33)17-11-29-26(38-5)31-23(17)37-4)25(36)34(18-10-16(28)12-32(3)24(18)35)20(21)14-6-8-15(27)9-7-14/h6-13,20,26,29H,1-5H3/t20-,26?/m0/s1. The Morgan fingerprint density at radius 1 is 1.08 bits per heavy atom. The van der Waals surface area contributed by atoms with Crippen molar-refractivity contribution in [3.8, 4) is 0 Å². The Morgan fingerprint density at radius 2 is 1.79 bits per heavy atom. The van der Waals surface area contributed by atoms with Crippen LogP contribution in [0.5, 0.6) is 0 Å². The van der Waals surface area contributed by atoms with E-state index in [1.165, 1.54) is 35.9 Å². The van der Waals surface area contributed by atoms with Crippen molar-refractivity contribution in [2.45, 2.75) is 32.3 Å². The molecule has 0 bridgehead atoms. The number of aromatic nitrogens is 3. The fraction of sp³-hybridized carbons (Fsp3) is 0.308. The molecule has 1 amide bonds. The summed E-state index contributed by atoms with van der Waals surface area (Å²) in [7, 11) is 4.63. The number of imidazole rings is 1. The van der Waals surface area contributed by atoms with E-state index >= 15 is 0 Å². The maximum atomic E-state index is 14.1. The lowest BCUT2D eigenvalue weighted by Crippen LogP contribution is -2.36. The molecule has 1 N–H and O–H groups in total. The van der Waals surface area contributed by atoms with Crippen molar-refractivity contribution in [3.05, 3.63) is 85.9 Å². The van der Waals surface area contributed by atoms with Crippen LogP contribution in [0.3, 0.4) is 0 Å². The number of methoxy groups -OCH3 is 2. The minimum absolute atomic E-state index is 0.120. The molecule has 3 aromatic rings. The van der Waals surface area contributed by atoms with Crippen LogP contribution in [0.4, 0.5) is 5.69 Å². The fourth-order valence-corrected chi connectivity index (χ4v) is 5.21. The summed E-state index contributed by atoms with van der Waals surface area (Å²) in [5.41, 5.74) is 1.97. The highest BCUT2D eigenvalue weighted by Crippen LogP contribution is 2.44. The molecule has 5 rings (SSSR count). The summed E-state index contributed by atoms with van der Waals surface area (Å²) < 4.78 is 14.2. The monoisotopic (exact) mass is 556 g/mol. The van der Waals surface area contributed by atoms with Crippen LogP contribution in [-0.4, -0.2) is 46.5 Å². The zero-order chi connectivity index (χ0) is 27.3. The van der Waals surface area contributed by atoms with Crippen LogP contribution in [0.1, 0.15) is 53.5 Å². The van der Waals surface area contributed by atoms with Gasteiger partial charge in [0.2, 0.25) is 12.2 Å². The molecule has 38 heavy (non-hydrogen) atoms. The Morgan fingerprint density at radius 3 is 2.42 bits per heavy atom. The maximum Gasteiger partial charge on any atom is 0.279 e. The number of nitrogens with zero attached hydrogens (tertiary/aromatic N) is 5. The number of benzene rings is 1. The van der Waals surface area contributed by atoms with Crippen LogP contribution >= 0.6 is 23.2 Å². The number of rotatable bonds is 5. The molecule has 1 aromatic carbocycles. The van der Waals surface area contributed by atoms with E-state index in [0.717, 1.165) is 5.56 Å². The van der Waals surface area contributed by atoms with E-state index in [-0.39, 0.29) is 23.0 Å². The number of ether oxygens (including phenoxy) is 2. The lowest BCUT2D eigenvalue weighted by atomic mass is 10.0. The molecule has 0 radical (unpaired) electrons. The predicted molar refractivity (Wildman–Crippen MR) is 146 cm³/mol. The molecule has 0 spiro atoms. The van der Waals surface area contributed by atoms with Gasteiger partial charge >= 0.3 is 0 Å². The van der Waals surface area contributed by atoms with Gasteiger partial charge in [0.1, 0.15) is 17.6 Å². The summed E-state index contributed by atoms with van der Waals surface area (Å²) in [5.74, 6) is 0.394. The van der Waals surface area contributed by atoms with Gasteiger partial charge in [-0.15, -0.1) is 0 Å². The number of aliphatic imine (C=N–C) groups is 1. The normalized spacial score (nSPS) is 18.8. The topological polar surface area (TPSA) is 103 Å². The smallest absolute Gasteiger partial charge is 0.279 e. The van der Waals surface area contributed by atoms with Gasteiger partial charge in [0.05, 0.1) is 23.4 Å². The Balaban J connectivity index is 1.76. The molecular weight excluding hydrogens is 531 g/mol. The van der Waals surface area contributed by atoms with Crippen LogP contribution in [0.15, 0.2) is 52.5 Å². The molecule has 0 aliphatic carbocycles. The van der Waals surface area contributed by atoms with Crippen molar-refractivity contribution >= 4 is 46.3 Å². The van der Waals surface area contributed by atoms with Gasteiger partial charge in [0.25, 0.3) is 11.5 Å². The number of carbonyl (C=O) groups excluding carboxylic acids is 1. The molecule has 0 saturated carbocycles. The number of carbonyl (C=O) groups is 1. The molecule has 0 fully saturated rings. The van der Waals surface area contributed by atoms with Crippen LogP contribution in [0.2, 0.25) is 10.0 Å². The zero-order valence-electron chi connectivity index (χ0n) is 21.4. The first-order chi connectivity index (χ1) is 18.2. The minimum Gasteiger partial charge on any atom is -0.481 e. The number of fused-ring (bicyclic) bond motifs is 1. The molecule has 2 aromatic heterocycles. The van der Waals surface area contributed by atoms with Gasteiger partial charge < -0.3 is 23.9 Å². The van der Waals surface area contributed by atoms with Crippen molar-refractivity contribution in [2.75, 3.05) is 19.1 Å². The summed E-state index contributed by atoms with van der Waals surface area (Å²) in [6.45, 7) is 3.99. The quantitative estimate of drug-likeness (QED) is 0.506. The third-order valence-corrected chi connectivity index (χ3v) is 6.93. The predicted octanol–water partition coefficient (Wildman–Crippen LogP) is 4.14. The number of amides is 1. The molecule has 2 aliphatic heterocycles. The Hall–Kier alpha value is -3.60. The number of hydrogen-bond acceptors (Lipinski definition) is 7. The van der Waals surface area contributed by atoms with Crippen LogP contribution in [0, 0.1) is 0 Å². The SMILES string of the molecule is COC1=NC(OC)NC=C1c1nc2c(n1C(C)C)[C@H](c1ccc(Cl)cc1)N(c1cc(Cl)cn(C)c1=O)C2=O. The Labute approximate surface area is 229 Å². The fourth-order valence-electron chi connectivity index (χ4n) is 4.83. The molecule has 10 nitrogen and oxygen atoms in total. The second-order valence-corrected chi connectivity index (χ2v) is 10.0. The summed E-state index contributed by atoms with van der Waals surface area (Å²) in [6.07, 6.45) is 2.61. The number of halogens is 2. The number of aryl methyl sites for hydroxylation is 1. The van der Waals surface area contributed by atoms with Crippen molar-refractivity contribution < 1.29 is 14.3 Å². The first-order valence-corrected chi connectivity index (χ1v) is 12.6. The van der Waals surface area contributed by atoms with Gasteiger partial charge in [-0.25, -0.2) is 4.98 Å². The van der Waals surface area contributed by atoms with Crippen molar-refractivity contribution in [2.24, 2.45) is 12.0 Å². The third kappa shape index (κ3) is 4.18. The van der Waals surface area contributed by atoms with Crippen LogP contribution in [-0.2, 0) is 16.5 Å². The first kappa shape index (κ1) is 26.0. The number of anilines is 1. The van der Waals surface area contributed by atoms with Crippen molar-refractivity contribution in [3.63, 3.8) is 0 Å². The van der Waals surface area contributed by atoms with Gasteiger partial charge in [-0.05, 0) is 37.6 Å². The molecule has 198 valence electrons. The van der Waals surface area contributed by atoms with E-state index in [1.807, 2.05) is 30.5 Å². The average molecular weight is 557 g/mol. The molecule has 2 aliphatic rings. The van der Waals surface area contributed by atoms with E-state index in [1.54, 1.807) is 25.4 Å². The van der Waals surface area contributed by atoms with Crippen LogP contribution in [0.25, 0.3) is 5.57 Å². The Bertz CT molecular complexity index is 1540. The van der Waals surface area contributed by atoms with E-state index in [2.05, 4.69) is 10.3 Å². The second-order valence-electron chi connectivity index (χ2n) is 9.17. The van der Waals surface area contributed by atoms with E-state index < -0.39 is 18.3 Å². The third-order valence-electron chi connectivity index (χ3n) is 6.47. The highest BCUT2D eigenvalue weighted by Gasteiger charge is 2.46. The highest BCUT2D eigenvalue weighted by molar-refractivity contribution is 6.31. The number of hydrogen-bond donors (Lipinski definition) is 1. The van der Waals surface area contributed by atoms with Gasteiger partial charge in [0.15, 0.2) is 5.69 Å². The summed E-state index contributed by atoms with van der Waals surface area (Å²) in [6, 6.07) is 7.88. The largest absolute Gasteiger partial charge is 0.481 e. The zero-order valence-corrected chi connectivity index (χ0v) is 22.9. The van der Waals surface area contributed by atoms with Gasteiger partial charge in [-0.2, -0.15) is 4.99 Å². The van der Waals surface area contributed by atoms with Gasteiger partial charge in [-0.3, -0.25) is 14.5 Å². The number of pyridine rings is 1. The number of nitrogens with one attached hydrogen (secondary N) is 1. The summed E-state index contributed by atoms with van der Waals surface area (Å²) in [4.78, 5) is 38.0. The van der Waals surface area contributed by atoms with Gasteiger partial charge in [-0.1, -0.05) is 35.3 Å². The average Bonchev–Trinajstić information content (AvgIpc) is 3.41. The van der Waals surface area contributed by atoms with Crippen molar-refractivity contribution in [1.82, 2.24) is 19.4 Å². The van der Waals surface area contributed by atoms with Crippen molar-refractivity contribution in [1.29, 1.82) is 0 Å². The maximum absolute atomic E-state index is 14.1. The molecule has 0 saturated heterocycles.